The van der Waals surface area contributed by atoms with Gasteiger partial charge in [-0.1, -0.05) is 74.7 Å². The van der Waals surface area contributed by atoms with Crippen molar-refractivity contribution in [3.8, 4) is 11.1 Å². The first kappa shape index (κ1) is 16.3. The summed E-state index contributed by atoms with van der Waals surface area (Å²) in [4.78, 5) is 0. The Kier molecular flexibility index (Phi) is 5.91. The summed E-state index contributed by atoms with van der Waals surface area (Å²) in [7, 11) is 0. The minimum atomic E-state index is 0.950. The molecule has 1 fully saturated rings. The largest absolute Gasteiger partial charge is 0.0651 e. The molecule has 0 aromatic heterocycles. The first-order valence-corrected chi connectivity index (χ1v) is 9.35. The van der Waals surface area contributed by atoms with Crippen molar-refractivity contribution in [3.05, 3.63) is 66.1 Å². The van der Waals surface area contributed by atoms with Crippen LogP contribution in [0.5, 0.6) is 0 Å². The molecular formula is C23H29. The normalized spacial score (nSPS) is 15.7. The van der Waals surface area contributed by atoms with E-state index in [4.69, 9.17) is 0 Å². The summed E-state index contributed by atoms with van der Waals surface area (Å²) in [6.45, 7) is 2.23. The molecule has 0 heterocycles. The molecule has 2 aromatic carbocycles. The zero-order chi connectivity index (χ0) is 15.9. The Morgan fingerprint density at radius 1 is 0.739 bits per heavy atom. The quantitative estimate of drug-likeness (QED) is 0.561. The second-order valence-electron chi connectivity index (χ2n) is 6.99. The Morgan fingerprint density at radius 2 is 1.26 bits per heavy atom. The molecule has 1 aliphatic rings. The lowest BCUT2D eigenvalue weighted by molar-refractivity contribution is 0.381. The monoisotopic (exact) mass is 305 g/mol. The second kappa shape index (κ2) is 8.34. The number of hydrogen-bond acceptors (Lipinski definition) is 0. The predicted octanol–water partition coefficient (Wildman–Crippen LogP) is 6.63. The lowest BCUT2D eigenvalue weighted by Crippen LogP contribution is -2.07. The molecule has 0 heteroatoms. The minimum Gasteiger partial charge on any atom is -0.0651 e. The van der Waals surface area contributed by atoms with Gasteiger partial charge in [-0.2, -0.15) is 0 Å². The van der Waals surface area contributed by atoms with Gasteiger partial charge in [-0.25, -0.2) is 0 Å². The number of benzene rings is 2. The fraction of sp³-hybridized carbons (Fsp3) is 0.435. The molecule has 1 saturated carbocycles. The van der Waals surface area contributed by atoms with Gasteiger partial charge in [0.2, 0.25) is 0 Å². The molecule has 0 bridgehead atoms. The highest BCUT2D eigenvalue weighted by atomic mass is 14.2. The van der Waals surface area contributed by atoms with E-state index in [9.17, 15) is 0 Å². The van der Waals surface area contributed by atoms with Crippen LogP contribution in [0.4, 0.5) is 0 Å². The van der Waals surface area contributed by atoms with E-state index in [1.54, 1.807) is 0 Å². The SMILES string of the molecule is CCCc1ccc(-c2ccc(CCC3CC[CH]CC3)cc2)cc1. The van der Waals surface area contributed by atoms with Gasteiger partial charge in [0, 0.05) is 0 Å². The highest BCUT2D eigenvalue weighted by Crippen LogP contribution is 2.27. The van der Waals surface area contributed by atoms with Gasteiger partial charge in [-0.3, -0.25) is 0 Å². The third-order valence-electron chi connectivity index (χ3n) is 5.18. The van der Waals surface area contributed by atoms with E-state index in [0.717, 1.165) is 5.92 Å². The zero-order valence-corrected chi connectivity index (χ0v) is 14.4. The van der Waals surface area contributed by atoms with Crippen LogP contribution in [0.2, 0.25) is 0 Å². The van der Waals surface area contributed by atoms with Crippen LogP contribution in [0.3, 0.4) is 0 Å². The number of rotatable bonds is 6. The van der Waals surface area contributed by atoms with Crippen molar-refractivity contribution in [3.63, 3.8) is 0 Å². The van der Waals surface area contributed by atoms with Crippen molar-refractivity contribution >= 4 is 0 Å². The topological polar surface area (TPSA) is 0 Å². The van der Waals surface area contributed by atoms with E-state index < -0.39 is 0 Å². The van der Waals surface area contributed by atoms with Gasteiger partial charge in [0.15, 0.2) is 0 Å². The molecule has 1 radical (unpaired) electrons. The number of hydrogen-bond donors (Lipinski definition) is 0. The summed E-state index contributed by atoms with van der Waals surface area (Å²) in [5.41, 5.74) is 5.60. The van der Waals surface area contributed by atoms with E-state index in [2.05, 4.69) is 61.9 Å². The lowest BCUT2D eigenvalue weighted by atomic mass is 9.85. The lowest BCUT2D eigenvalue weighted by Gasteiger charge is -2.21. The van der Waals surface area contributed by atoms with Crippen LogP contribution in [0, 0.1) is 12.3 Å². The zero-order valence-electron chi connectivity index (χ0n) is 14.4. The molecular weight excluding hydrogens is 276 g/mol. The first-order chi connectivity index (χ1) is 11.3. The van der Waals surface area contributed by atoms with Gasteiger partial charge in [0.05, 0.1) is 0 Å². The Bertz CT molecular complexity index is 570. The van der Waals surface area contributed by atoms with Crippen LogP contribution < -0.4 is 0 Å². The van der Waals surface area contributed by atoms with Gasteiger partial charge in [-0.05, 0) is 66.7 Å². The highest BCUT2D eigenvalue weighted by Gasteiger charge is 2.13. The summed E-state index contributed by atoms with van der Waals surface area (Å²) in [5.74, 6) is 0.950. The summed E-state index contributed by atoms with van der Waals surface area (Å²) < 4.78 is 0. The fourth-order valence-corrected chi connectivity index (χ4v) is 3.67. The van der Waals surface area contributed by atoms with Gasteiger partial charge in [-0.15, -0.1) is 0 Å². The molecule has 121 valence electrons. The molecule has 2 aromatic rings. The molecule has 3 rings (SSSR count). The summed E-state index contributed by atoms with van der Waals surface area (Å²) in [5, 5.41) is 0. The molecule has 0 amide bonds. The minimum absolute atomic E-state index is 0.950. The van der Waals surface area contributed by atoms with Gasteiger partial charge in [0.1, 0.15) is 0 Å². The van der Waals surface area contributed by atoms with Crippen molar-refractivity contribution in [2.24, 2.45) is 5.92 Å². The average Bonchev–Trinajstić information content (AvgIpc) is 2.62. The van der Waals surface area contributed by atoms with Crippen LogP contribution in [0.25, 0.3) is 11.1 Å². The Hall–Kier alpha value is -1.56. The van der Waals surface area contributed by atoms with E-state index >= 15 is 0 Å². The Morgan fingerprint density at radius 3 is 1.78 bits per heavy atom. The van der Waals surface area contributed by atoms with Crippen molar-refractivity contribution in [1.82, 2.24) is 0 Å². The van der Waals surface area contributed by atoms with Crippen LogP contribution in [-0.4, -0.2) is 0 Å². The molecule has 0 aliphatic heterocycles. The van der Waals surface area contributed by atoms with Crippen LogP contribution in [-0.2, 0) is 12.8 Å². The maximum atomic E-state index is 2.46. The van der Waals surface area contributed by atoms with Crippen LogP contribution in [0.1, 0.15) is 56.6 Å². The third kappa shape index (κ3) is 4.70. The third-order valence-corrected chi connectivity index (χ3v) is 5.18. The molecule has 0 spiro atoms. The summed E-state index contributed by atoms with van der Waals surface area (Å²) in [6, 6.07) is 18.3. The molecule has 0 unspecified atom stereocenters. The van der Waals surface area contributed by atoms with E-state index in [-0.39, 0.29) is 0 Å². The fourth-order valence-electron chi connectivity index (χ4n) is 3.67. The maximum Gasteiger partial charge on any atom is -0.0184 e. The van der Waals surface area contributed by atoms with Gasteiger partial charge < -0.3 is 0 Å². The van der Waals surface area contributed by atoms with Crippen molar-refractivity contribution in [2.75, 3.05) is 0 Å². The standard InChI is InChI=1S/C23H29/c1-2-6-19-11-15-22(16-12-19)23-17-13-21(14-18-23)10-9-20-7-4-3-5-8-20/h3,11-18,20H,2,4-10H2,1H3. The Balaban J connectivity index is 1.57. The second-order valence-corrected chi connectivity index (χ2v) is 6.99. The highest BCUT2D eigenvalue weighted by molar-refractivity contribution is 5.63. The van der Waals surface area contributed by atoms with Crippen molar-refractivity contribution in [2.45, 2.75) is 58.3 Å². The molecule has 23 heavy (non-hydrogen) atoms. The first-order valence-electron chi connectivity index (χ1n) is 9.35. The van der Waals surface area contributed by atoms with E-state index in [1.165, 1.54) is 73.6 Å². The van der Waals surface area contributed by atoms with Crippen molar-refractivity contribution in [1.29, 1.82) is 0 Å². The van der Waals surface area contributed by atoms with Gasteiger partial charge in [0.25, 0.3) is 0 Å². The molecule has 1 aliphatic carbocycles. The maximum absolute atomic E-state index is 2.46. The van der Waals surface area contributed by atoms with Gasteiger partial charge >= 0.3 is 0 Å². The molecule has 0 saturated heterocycles. The van der Waals surface area contributed by atoms with Crippen molar-refractivity contribution < 1.29 is 0 Å². The van der Waals surface area contributed by atoms with Crippen LogP contribution >= 0.6 is 0 Å². The van der Waals surface area contributed by atoms with E-state index in [0.29, 0.717) is 0 Å². The molecule has 0 atom stereocenters. The average molecular weight is 305 g/mol. The van der Waals surface area contributed by atoms with E-state index in [1.807, 2.05) is 0 Å². The molecule has 0 nitrogen and oxygen atoms in total. The summed E-state index contributed by atoms with van der Waals surface area (Å²) >= 11 is 0. The summed E-state index contributed by atoms with van der Waals surface area (Å²) in [6.07, 6.45) is 12.9. The Labute approximate surface area is 141 Å². The smallest absolute Gasteiger partial charge is 0.0184 e. The molecule has 0 N–H and O–H groups in total. The predicted molar refractivity (Wildman–Crippen MR) is 100 cm³/mol. The van der Waals surface area contributed by atoms with Crippen LogP contribution in [0.15, 0.2) is 48.5 Å². The number of aryl methyl sites for hydroxylation is 2.